The topological polar surface area (TPSA) is 66.8 Å². The van der Waals surface area contributed by atoms with Crippen LogP contribution in [0.25, 0.3) is 0 Å². The summed E-state index contributed by atoms with van der Waals surface area (Å²) >= 11 is 0. The summed E-state index contributed by atoms with van der Waals surface area (Å²) in [5, 5.41) is 20.2. The molecule has 0 amide bonds. The van der Waals surface area contributed by atoms with Crippen LogP contribution >= 0.6 is 0 Å². The third kappa shape index (κ3) is 2.33. The Hall–Kier alpha value is -2.17. The number of hydrogen-bond donors (Lipinski definition) is 2. The fourth-order valence-corrected chi connectivity index (χ4v) is 2.66. The molecule has 2 N–H and O–H groups in total. The van der Waals surface area contributed by atoms with E-state index in [-0.39, 0.29) is 0 Å². The quantitative estimate of drug-likeness (QED) is 0.886. The number of carboxylic acid groups (broad SMARTS) is 1. The van der Waals surface area contributed by atoms with Gasteiger partial charge < -0.3 is 14.9 Å². The molecule has 0 heterocycles. The van der Waals surface area contributed by atoms with Gasteiger partial charge in [0.2, 0.25) is 0 Å². The largest absolute Gasteiger partial charge is 0.479 e. The van der Waals surface area contributed by atoms with Crippen LogP contribution in [0, 0.1) is 0 Å². The van der Waals surface area contributed by atoms with E-state index in [2.05, 4.69) is 0 Å². The van der Waals surface area contributed by atoms with E-state index in [1.807, 2.05) is 12.1 Å². The number of hydrogen-bond acceptors (Lipinski definition) is 3. The second-order valence-electron chi connectivity index (χ2n) is 4.99. The Bertz CT molecular complexity index is 566. The molecule has 0 unspecified atom stereocenters. The maximum Gasteiger partial charge on any atom is 0.339 e. The molecular weight excluding hydrogens is 268 g/mol. The molecule has 2 aromatic rings. The minimum absolute atomic E-state index is 0.575. The first-order valence-electron chi connectivity index (χ1n) is 6.59. The van der Waals surface area contributed by atoms with Gasteiger partial charge in [-0.3, -0.25) is 0 Å². The van der Waals surface area contributed by atoms with Gasteiger partial charge in [0.1, 0.15) is 0 Å². The van der Waals surface area contributed by atoms with Crippen LogP contribution < -0.4 is 0 Å². The molecule has 0 fully saturated rings. The van der Waals surface area contributed by atoms with Gasteiger partial charge in [0.25, 0.3) is 0 Å². The highest BCUT2D eigenvalue weighted by molar-refractivity contribution is 5.80. The van der Waals surface area contributed by atoms with E-state index in [9.17, 15) is 15.0 Å². The number of methoxy groups -OCH3 is 1. The summed E-state index contributed by atoms with van der Waals surface area (Å²) < 4.78 is 5.61. The number of carboxylic acids is 1. The molecule has 110 valence electrons. The lowest BCUT2D eigenvalue weighted by atomic mass is 9.73. The van der Waals surface area contributed by atoms with Crippen LogP contribution in [-0.2, 0) is 15.1 Å². The molecule has 4 nitrogen and oxygen atoms in total. The molecule has 0 aliphatic carbocycles. The Labute approximate surface area is 123 Å². The van der Waals surface area contributed by atoms with Crippen molar-refractivity contribution in [2.75, 3.05) is 7.11 Å². The van der Waals surface area contributed by atoms with Crippen LogP contribution in [-0.4, -0.2) is 28.9 Å². The highest BCUT2D eigenvalue weighted by Crippen LogP contribution is 2.42. The molecule has 0 aliphatic heterocycles. The third-order valence-corrected chi connectivity index (χ3v) is 3.77. The molecule has 21 heavy (non-hydrogen) atoms. The molecular formula is C17H18O4. The Kier molecular flexibility index (Phi) is 4.11. The molecule has 2 aromatic carbocycles. The van der Waals surface area contributed by atoms with Crippen LogP contribution in [0.1, 0.15) is 18.1 Å². The second kappa shape index (κ2) is 5.68. The number of aliphatic hydroxyl groups is 1. The Morgan fingerprint density at radius 3 is 1.62 bits per heavy atom. The van der Waals surface area contributed by atoms with Crippen molar-refractivity contribution in [3.63, 3.8) is 0 Å². The normalized spacial score (nSPS) is 14.4. The van der Waals surface area contributed by atoms with Crippen LogP contribution in [0.3, 0.4) is 0 Å². The minimum Gasteiger partial charge on any atom is -0.479 e. The molecule has 4 heteroatoms. The average Bonchev–Trinajstić information content (AvgIpc) is 2.50. The third-order valence-electron chi connectivity index (χ3n) is 3.77. The first-order chi connectivity index (χ1) is 9.96. The zero-order valence-electron chi connectivity index (χ0n) is 12.0. The first kappa shape index (κ1) is 15.2. The van der Waals surface area contributed by atoms with Crippen LogP contribution in [0.5, 0.6) is 0 Å². The van der Waals surface area contributed by atoms with Crippen molar-refractivity contribution in [3.05, 3.63) is 71.8 Å². The molecule has 0 saturated heterocycles. The maximum absolute atomic E-state index is 11.6. The van der Waals surface area contributed by atoms with Gasteiger partial charge in [-0.15, -0.1) is 0 Å². The number of carbonyl (C=O) groups is 1. The maximum atomic E-state index is 11.6. The van der Waals surface area contributed by atoms with Crippen molar-refractivity contribution in [1.82, 2.24) is 0 Å². The number of benzene rings is 2. The summed E-state index contributed by atoms with van der Waals surface area (Å²) in [6.45, 7) is 1.25. The number of aliphatic carboxylic acids is 1. The Balaban J connectivity index is 2.78. The average molecular weight is 286 g/mol. The van der Waals surface area contributed by atoms with Gasteiger partial charge in [0.05, 0.1) is 0 Å². The van der Waals surface area contributed by atoms with Crippen molar-refractivity contribution in [1.29, 1.82) is 0 Å². The monoisotopic (exact) mass is 286 g/mol. The standard InChI is InChI=1S/C17H18O4/c1-16(20,15(18)19)17(21-2,13-9-5-3-6-10-13)14-11-7-4-8-12-14/h3-12,20H,1-2H3,(H,18,19)/t16-/m1/s1. The SMILES string of the molecule is COC(c1ccccc1)(c1ccccc1)[C@](C)(O)C(=O)O. The van der Waals surface area contributed by atoms with Crippen molar-refractivity contribution >= 4 is 5.97 Å². The summed E-state index contributed by atoms with van der Waals surface area (Å²) in [5.74, 6) is -1.35. The zero-order valence-corrected chi connectivity index (χ0v) is 12.0. The Morgan fingerprint density at radius 1 is 0.952 bits per heavy atom. The lowest BCUT2D eigenvalue weighted by molar-refractivity contribution is -0.188. The van der Waals surface area contributed by atoms with Crippen molar-refractivity contribution < 1.29 is 19.7 Å². The Morgan fingerprint density at radius 2 is 1.33 bits per heavy atom. The van der Waals surface area contributed by atoms with Crippen molar-refractivity contribution in [2.45, 2.75) is 18.1 Å². The van der Waals surface area contributed by atoms with Gasteiger partial charge in [0, 0.05) is 7.11 Å². The van der Waals surface area contributed by atoms with E-state index in [1.165, 1.54) is 14.0 Å². The van der Waals surface area contributed by atoms with Gasteiger partial charge in [-0.25, -0.2) is 4.79 Å². The summed E-state index contributed by atoms with van der Waals surface area (Å²) in [6.07, 6.45) is 0. The van der Waals surface area contributed by atoms with Gasteiger partial charge in [0.15, 0.2) is 11.2 Å². The summed E-state index contributed by atoms with van der Waals surface area (Å²) in [7, 11) is 1.40. The molecule has 0 bridgehead atoms. The molecule has 0 aliphatic rings. The lowest BCUT2D eigenvalue weighted by Crippen LogP contribution is -2.57. The van der Waals surface area contributed by atoms with Crippen molar-refractivity contribution in [2.24, 2.45) is 0 Å². The molecule has 0 saturated carbocycles. The fraction of sp³-hybridized carbons (Fsp3) is 0.235. The minimum atomic E-state index is -2.13. The summed E-state index contributed by atoms with van der Waals surface area (Å²) in [5.41, 5.74) is -2.48. The van der Waals surface area contributed by atoms with E-state index < -0.39 is 17.2 Å². The van der Waals surface area contributed by atoms with Gasteiger partial charge >= 0.3 is 5.97 Å². The van der Waals surface area contributed by atoms with Gasteiger partial charge in [-0.05, 0) is 18.1 Å². The predicted octanol–water partition coefficient (Wildman–Crippen LogP) is 2.41. The molecule has 0 spiro atoms. The highest BCUT2D eigenvalue weighted by Gasteiger charge is 2.55. The predicted molar refractivity (Wildman–Crippen MR) is 78.9 cm³/mol. The molecule has 2 rings (SSSR count). The number of ether oxygens (including phenoxy) is 1. The van der Waals surface area contributed by atoms with E-state index >= 15 is 0 Å². The second-order valence-corrected chi connectivity index (χ2v) is 4.99. The lowest BCUT2D eigenvalue weighted by Gasteiger charge is -2.42. The fourth-order valence-electron chi connectivity index (χ4n) is 2.66. The van der Waals surface area contributed by atoms with Gasteiger partial charge in [-0.1, -0.05) is 60.7 Å². The summed E-state index contributed by atoms with van der Waals surface area (Å²) in [4.78, 5) is 11.6. The zero-order chi connectivity index (χ0) is 15.5. The van der Waals surface area contributed by atoms with Crippen LogP contribution in [0.4, 0.5) is 0 Å². The molecule has 0 radical (unpaired) electrons. The number of rotatable bonds is 5. The van der Waals surface area contributed by atoms with Crippen molar-refractivity contribution in [3.8, 4) is 0 Å². The van der Waals surface area contributed by atoms with Crippen LogP contribution in [0.15, 0.2) is 60.7 Å². The van der Waals surface area contributed by atoms with Crippen LogP contribution in [0.2, 0.25) is 0 Å². The van der Waals surface area contributed by atoms with E-state index in [0.717, 1.165) is 0 Å². The van der Waals surface area contributed by atoms with E-state index in [1.54, 1.807) is 48.5 Å². The van der Waals surface area contributed by atoms with Gasteiger partial charge in [-0.2, -0.15) is 0 Å². The molecule has 0 aromatic heterocycles. The highest BCUT2D eigenvalue weighted by atomic mass is 16.5. The summed E-state index contributed by atoms with van der Waals surface area (Å²) in [6, 6.07) is 17.8. The molecule has 1 atom stereocenters. The van der Waals surface area contributed by atoms with E-state index in [0.29, 0.717) is 11.1 Å². The van der Waals surface area contributed by atoms with E-state index in [4.69, 9.17) is 4.74 Å². The first-order valence-corrected chi connectivity index (χ1v) is 6.59. The smallest absolute Gasteiger partial charge is 0.339 e.